The zero-order chi connectivity index (χ0) is 18.8. The van der Waals surface area contributed by atoms with Gasteiger partial charge in [0.05, 0.1) is 34.9 Å². The Bertz CT molecular complexity index is 1080. The van der Waals surface area contributed by atoms with Crippen LogP contribution in [0.1, 0.15) is 16.2 Å². The molecule has 0 aliphatic rings. The molecule has 1 amide bonds. The lowest BCUT2D eigenvalue weighted by Gasteiger charge is -2.20. The minimum atomic E-state index is -0.296. The maximum Gasteiger partial charge on any atom is 0.284 e. The number of aromatic nitrogens is 3. The number of aryl methyl sites for hydroxylation is 1. The molecule has 2 heterocycles. The van der Waals surface area contributed by atoms with Crippen LogP contribution in [0.5, 0.6) is 5.75 Å². The molecule has 27 heavy (non-hydrogen) atoms. The number of hydrogen-bond donors (Lipinski definition) is 0. The van der Waals surface area contributed by atoms with Crippen molar-refractivity contribution < 1.29 is 9.53 Å². The summed E-state index contributed by atoms with van der Waals surface area (Å²) in [5.74, 6) is 0.358. The molecule has 0 atom stereocenters. The van der Waals surface area contributed by atoms with Gasteiger partial charge in [0, 0.05) is 12.3 Å². The molecule has 0 fully saturated rings. The highest BCUT2D eigenvalue weighted by Gasteiger charge is 2.25. The summed E-state index contributed by atoms with van der Waals surface area (Å²) in [6.45, 7) is 1.83. The van der Waals surface area contributed by atoms with E-state index in [4.69, 9.17) is 4.74 Å². The van der Waals surface area contributed by atoms with Gasteiger partial charge in [-0.05, 0) is 31.2 Å². The van der Waals surface area contributed by atoms with Crippen LogP contribution >= 0.6 is 11.3 Å². The molecule has 2 aromatic heterocycles. The van der Waals surface area contributed by atoms with Crippen molar-refractivity contribution in [1.29, 1.82) is 0 Å². The predicted molar refractivity (Wildman–Crippen MR) is 106 cm³/mol. The normalized spacial score (nSPS) is 10.7. The minimum Gasteiger partial charge on any atom is -0.497 e. The summed E-state index contributed by atoms with van der Waals surface area (Å²) in [4.78, 5) is 27.9. The lowest BCUT2D eigenvalue weighted by atomic mass is 10.2. The van der Waals surface area contributed by atoms with Gasteiger partial charge in [-0.15, -0.1) is 0 Å². The third-order valence-electron chi connectivity index (χ3n) is 3.99. The minimum absolute atomic E-state index is 0.252. The third kappa shape index (κ3) is 3.37. The fourth-order valence-corrected chi connectivity index (χ4v) is 3.62. The van der Waals surface area contributed by atoms with Crippen LogP contribution in [0.25, 0.3) is 10.2 Å². The first-order valence-electron chi connectivity index (χ1n) is 8.28. The van der Waals surface area contributed by atoms with Crippen molar-refractivity contribution in [3.8, 4) is 5.75 Å². The van der Waals surface area contributed by atoms with Crippen LogP contribution < -0.4 is 9.64 Å². The Balaban J connectivity index is 1.85. The number of rotatable bonds is 4. The molecule has 4 aromatic rings. The highest BCUT2D eigenvalue weighted by Crippen LogP contribution is 2.35. The molecule has 0 saturated carbocycles. The molecule has 0 unspecified atom stereocenters. The van der Waals surface area contributed by atoms with E-state index in [0.717, 1.165) is 15.9 Å². The summed E-state index contributed by atoms with van der Waals surface area (Å²) in [7, 11) is 1.59. The molecule has 2 aromatic carbocycles. The molecule has 0 aliphatic carbocycles. The molecule has 134 valence electrons. The lowest BCUT2D eigenvalue weighted by molar-refractivity contribution is 0.0994. The fourth-order valence-electron chi connectivity index (χ4n) is 2.64. The van der Waals surface area contributed by atoms with Gasteiger partial charge in [-0.25, -0.2) is 9.97 Å². The second-order valence-electron chi connectivity index (χ2n) is 5.85. The van der Waals surface area contributed by atoms with Gasteiger partial charge in [0.25, 0.3) is 5.91 Å². The van der Waals surface area contributed by atoms with Gasteiger partial charge in [0.1, 0.15) is 11.4 Å². The van der Waals surface area contributed by atoms with Crippen LogP contribution in [-0.2, 0) is 0 Å². The highest BCUT2D eigenvalue weighted by atomic mass is 32.1. The van der Waals surface area contributed by atoms with E-state index in [1.165, 1.54) is 17.5 Å². The Hall–Kier alpha value is -3.32. The molecule has 0 N–H and O–H groups in total. The highest BCUT2D eigenvalue weighted by molar-refractivity contribution is 7.22. The monoisotopic (exact) mass is 376 g/mol. The van der Waals surface area contributed by atoms with Crippen molar-refractivity contribution in [2.45, 2.75) is 6.92 Å². The third-order valence-corrected chi connectivity index (χ3v) is 5.01. The largest absolute Gasteiger partial charge is 0.497 e. The van der Waals surface area contributed by atoms with Gasteiger partial charge in [-0.1, -0.05) is 29.5 Å². The first-order chi connectivity index (χ1) is 13.2. The van der Waals surface area contributed by atoms with Crippen molar-refractivity contribution in [3.63, 3.8) is 0 Å². The quantitative estimate of drug-likeness (QED) is 0.529. The van der Waals surface area contributed by atoms with E-state index in [1.807, 2.05) is 49.4 Å². The molecule has 4 rings (SSSR count). The van der Waals surface area contributed by atoms with Crippen molar-refractivity contribution in [2.75, 3.05) is 12.0 Å². The van der Waals surface area contributed by atoms with E-state index >= 15 is 0 Å². The Morgan fingerprint density at radius 2 is 1.93 bits per heavy atom. The van der Waals surface area contributed by atoms with Crippen molar-refractivity contribution in [1.82, 2.24) is 15.0 Å². The predicted octanol–water partition coefficient (Wildman–Crippen LogP) is 4.38. The zero-order valence-corrected chi connectivity index (χ0v) is 15.6. The van der Waals surface area contributed by atoms with Crippen LogP contribution in [0.15, 0.2) is 60.9 Å². The summed E-state index contributed by atoms with van der Waals surface area (Å²) < 4.78 is 6.32. The molecule has 0 bridgehead atoms. The van der Waals surface area contributed by atoms with Crippen molar-refractivity contribution >= 4 is 38.3 Å². The number of carbonyl (C=O) groups excluding carboxylic acids is 1. The molecule has 0 aliphatic heterocycles. The maximum absolute atomic E-state index is 13.3. The lowest BCUT2D eigenvalue weighted by Crippen LogP contribution is -2.27. The fraction of sp³-hybridized carbons (Fsp3) is 0.100. The molecular formula is C20H16N4O2S. The van der Waals surface area contributed by atoms with Crippen LogP contribution in [0, 0.1) is 6.92 Å². The Kier molecular flexibility index (Phi) is 4.52. The molecule has 0 spiro atoms. The Morgan fingerprint density at radius 1 is 1.07 bits per heavy atom. The zero-order valence-electron chi connectivity index (χ0n) is 14.8. The topological polar surface area (TPSA) is 68.2 Å². The number of nitrogens with zero attached hydrogens (tertiary/aromatic N) is 4. The van der Waals surface area contributed by atoms with Crippen molar-refractivity contribution in [2.24, 2.45) is 0 Å². The first-order valence-corrected chi connectivity index (χ1v) is 9.10. The molecule has 6 nitrogen and oxygen atoms in total. The SMILES string of the molecule is COc1cccc(N(C(=O)c2cnc(C)cn2)c2nc3ccccc3s2)c1. The second-order valence-corrected chi connectivity index (χ2v) is 6.86. The van der Waals surface area contributed by atoms with E-state index in [9.17, 15) is 4.79 Å². The molecule has 0 radical (unpaired) electrons. The van der Waals surface area contributed by atoms with E-state index in [1.54, 1.807) is 24.3 Å². The van der Waals surface area contributed by atoms with Crippen LogP contribution in [0.4, 0.5) is 10.8 Å². The Morgan fingerprint density at radius 3 is 2.67 bits per heavy atom. The van der Waals surface area contributed by atoms with Gasteiger partial charge < -0.3 is 4.74 Å². The summed E-state index contributed by atoms with van der Waals surface area (Å²) in [5, 5.41) is 0.567. The Labute approximate surface area is 160 Å². The number of methoxy groups -OCH3 is 1. The number of fused-ring (bicyclic) bond motifs is 1. The van der Waals surface area contributed by atoms with E-state index in [0.29, 0.717) is 16.6 Å². The number of anilines is 2. The number of amides is 1. The molecule has 7 heteroatoms. The molecule has 0 saturated heterocycles. The summed E-state index contributed by atoms with van der Waals surface area (Å²) in [6, 6.07) is 15.1. The number of benzene rings is 2. The van der Waals surface area contributed by atoms with Crippen LogP contribution in [-0.4, -0.2) is 28.0 Å². The van der Waals surface area contributed by atoms with E-state index < -0.39 is 0 Å². The average molecular weight is 376 g/mol. The van der Waals surface area contributed by atoms with E-state index in [2.05, 4.69) is 15.0 Å². The average Bonchev–Trinajstić information content (AvgIpc) is 3.12. The van der Waals surface area contributed by atoms with Gasteiger partial charge in [0.2, 0.25) is 0 Å². The summed E-state index contributed by atoms with van der Waals surface area (Å²) in [5.41, 5.74) is 2.50. The second kappa shape index (κ2) is 7.13. The number of carbonyl (C=O) groups is 1. The van der Waals surface area contributed by atoms with Gasteiger partial charge in [-0.3, -0.25) is 14.7 Å². The first kappa shape index (κ1) is 17.1. The van der Waals surface area contributed by atoms with Gasteiger partial charge >= 0.3 is 0 Å². The summed E-state index contributed by atoms with van der Waals surface area (Å²) >= 11 is 1.44. The maximum atomic E-state index is 13.3. The van der Waals surface area contributed by atoms with Crippen LogP contribution in [0.3, 0.4) is 0 Å². The number of hydrogen-bond acceptors (Lipinski definition) is 6. The standard InChI is InChI=1S/C20H16N4O2S/c1-13-11-22-17(12-21-13)19(25)24(14-6-5-7-15(10-14)26-2)20-23-16-8-3-4-9-18(16)27-20/h3-12H,1-2H3. The smallest absolute Gasteiger partial charge is 0.284 e. The van der Waals surface area contributed by atoms with Crippen molar-refractivity contribution in [3.05, 3.63) is 72.3 Å². The van der Waals surface area contributed by atoms with Gasteiger partial charge in [-0.2, -0.15) is 0 Å². The number of ether oxygens (including phenoxy) is 1. The van der Waals surface area contributed by atoms with E-state index in [-0.39, 0.29) is 11.6 Å². The van der Waals surface area contributed by atoms with Gasteiger partial charge in [0.15, 0.2) is 5.13 Å². The van der Waals surface area contributed by atoms with Crippen LogP contribution in [0.2, 0.25) is 0 Å². The summed E-state index contributed by atoms with van der Waals surface area (Å²) in [6.07, 6.45) is 3.06. The molecular weight excluding hydrogens is 360 g/mol. The number of para-hydroxylation sites is 1. The number of thiazole rings is 1.